The lowest BCUT2D eigenvalue weighted by atomic mass is 9.90. The maximum absolute atomic E-state index is 13.6. The molecule has 0 heterocycles. The number of aliphatic carboxylic acids is 1. The number of carboxylic acid groups (broad SMARTS) is 1. The van der Waals surface area contributed by atoms with E-state index in [0.29, 0.717) is 43.1 Å². The fourth-order valence-corrected chi connectivity index (χ4v) is 5.30. The number of hydrogen-bond donors (Lipinski definition) is 1. The van der Waals surface area contributed by atoms with Gasteiger partial charge in [0.05, 0.1) is 17.2 Å². The van der Waals surface area contributed by atoms with Crippen LogP contribution in [0.1, 0.15) is 34.6 Å². The number of ether oxygens (including phenoxy) is 1. The van der Waals surface area contributed by atoms with E-state index in [1.54, 1.807) is 36.2 Å². The second kappa shape index (κ2) is 16.4. The third-order valence-electron chi connectivity index (χ3n) is 7.14. The quantitative estimate of drug-likeness (QED) is 0.139. The molecular formula is C34H35Cl2F3N2O3. The number of carbonyl (C=O) groups is 1. The van der Waals surface area contributed by atoms with E-state index in [-0.39, 0.29) is 36.4 Å². The van der Waals surface area contributed by atoms with E-state index in [0.717, 1.165) is 17.2 Å². The molecule has 0 amide bonds. The van der Waals surface area contributed by atoms with Crippen LogP contribution in [0.2, 0.25) is 5.02 Å². The number of halogens is 5. The topological polar surface area (TPSA) is 53.0 Å². The third-order valence-corrected chi connectivity index (χ3v) is 7.59. The summed E-state index contributed by atoms with van der Waals surface area (Å²) in [5.74, 6) is -0.345. The molecule has 0 aliphatic heterocycles. The SMILES string of the molecule is CN(CC(=O)O)c1cccc(OCCCN(Cc2cccc(C(F)(F)F)c2Cl)CC(c2ccccc2)c2ccccc2)c1.Cl. The van der Waals surface area contributed by atoms with Gasteiger partial charge in [0, 0.05) is 44.4 Å². The van der Waals surface area contributed by atoms with Crippen molar-refractivity contribution in [2.45, 2.75) is 25.1 Å². The summed E-state index contributed by atoms with van der Waals surface area (Å²) in [6.45, 7) is 1.55. The van der Waals surface area contributed by atoms with Crippen molar-refractivity contribution >= 4 is 35.7 Å². The molecule has 0 saturated heterocycles. The lowest BCUT2D eigenvalue weighted by molar-refractivity contribution is -0.137. The molecule has 4 aromatic carbocycles. The Hall–Kier alpha value is -3.72. The molecule has 0 unspecified atom stereocenters. The van der Waals surface area contributed by atoms with Crippen molar-refractivity contribution in [2.24, 2.45) is 0 Å². The van der Waals surface area contributed by atoms with Crippen molar-refractivity contribution in [3.8, 4) is 5.75 Å². The number of likely N-dealkylation sites (N-methyl/N-ethyl adjacent to an activating group) is 1. The second-order valence-corrected chi connectivity index (χ2v) is 10.7. The Morgan fingerprint density at radius 3 is 2.11 bits per heavy atom. The van der Waals surface area contributed by atoms with Crippen LogP contribution in [-0.2, 0) is 17.5 Å². The van der Waals surface area contributed by atoms with Gasteiger partial charge in [-0.2, -0.15) is 13.2 Å². The zero-order valence-electron chi connectivity index (χ0n) is 24.2. The Morgan fingerprint density at radius 1 is 0.909 bits per heavy atom. The highest BCUT2D eigenvalue weighted by Crippen LogP contribution is 2.37. The van der Waals surface area contributed by atoms with Crippen molar-refractivity contribution in [3.63, 3.8) is 0 Å². The van der Waals surface area contributed by atoms with Gasteiger partial charge in [-0.25, -0.2) is 0 Å². The predicted molar refractivity (Wildman–Crippen MR) is 171 cm³/mol. The number of rotatable bonds is 14. The van der Waals surface area contributed by atoms with Crippen molar-refractivity contribution in [1.82, 2.24) is 4.90 Å². The van der Waals surface area contributed by atoms with Crippen molar-refractivity contribution in [2.75, 3.05) is 38.2 Å². The molecule has 0 aliphatic carbocycles. The van der Waals surface area contributed by atoms with Gasteiger partial charge in [-0.3, -0.25) is 9.69 Å². The zero-order valence-corrected chi connectivity index (χ0v) is 25.8. The number of benzene rings is 4. The first-order chi connectivity index (χ1) is 20.6. The summed E-state index contributed by atoms with van der Waals surface area (Å²) in [6.07, 6.45) is -3.95. The Morgan fingerprint density at radius 2 is 1.52 bits per heavy atom. The predicted octanol–water partition coefficient (Wildman–Crippen LogP) is 8.40. The van der Waals surface area contributed by atoms with Crippen LogP contribution >= 0.6 is 24.0 Å². The lowest BCUT2D eigenvalue weighted by Crippen LogP contribution is -2.31. The van der Waals surface area contributed by atoms with E-state index in [9.17, 15) is 18.0 Å². The molecule has 234 valence electrons. The average molecular weight is 648 g/mol. The summed E-state index contributed by atoms with van der Waals surface area (Å²) in [5.41, 5.74) is 2.49. The number of hydrogen-bond acceptors (Lipinski definition) is 4. The van der Waals surface area contributed by atoms with Crippen LogP contribution in [0.15, 0.2) is 103 Å². The molecule has 0 aromatic heterocycles. The monoisotopic (exact) mass is 646 g/mol. The van der Waals surface area contributed by atoms with Gasteiger partial charge in [0.25, 0.3) is 0 Å². The van der Waals surface area contributed by atoms with E-state index in [1.165, 1.54) is 6.07 Å². The van der Waals surface area contributed by atoms with Gasteiger partial charge < -0.3 is 14.7 Å². The summed E-state index contributed by atoms with van der Waals surface area (Å²) < 4.78 is 46.9. The van der Waals surface area contributed by atoms with Gasteiger partial charge in [0.15, 0.2) is 0 Å². The molecule has 0 saturated carbocycles. The summed E-state index contributed by atoms with van der Waals surface area (Å²) in [5, 5.41) is 8.80. The Kier molecular flexibility index (Phi) is 12.9. The van der Waals surface area contributed by atoms with Crippen LogP contribution in [0, 0.1) is 0 Å². The van der Waals surface area contributed by atoms with E-state index >= 15 is 0 Å². The largest absolute Gasteiger partial charge is 0.493 e. The van der Waals surface area contributed by atoms with E-state index in [1.807, 2.05) is 42.5 Å². The third kappa shape index (κ3) is 9.91. The minimum atomic E-state index is -4.55. The minimum absolute atomic E-state index is 0. The minimum Gasteiger partial charge on any atom is -0.493 e. The fourth-order valence-electron chi connectivity index (χ4n) is 5.01. The Bertz CT molecular complexity index is 1430. The number of carboxylic acids is 1. The van der Waals surface area contributed by atoms with Gasteiger partial charge in [-0.05, 0) is 41.3 Å². The molecule has 0 aliphatic rings. The molecule has 44 heavy (non-hydrogen) atoms. The average Bonchev–Trinajstić information content (AvgIpc) is 2.99. The van der Waals surface area contributed by atoms with Crippen LogP contribution in [-0.4, -0.2) is 49.3 Å². The van der Waals surface area contributed by atoms with Crippen molar-refractivity contribution in [3.05, 3.63) is 130 Å². The molecule has 0 atom stereocenters. The number of nitrogens with zero attached hydrogens (tertiary/aromatic N) is 2. The molecule has 10 heteroatoms. The second-order valence-electron chi connectivity index (χ2n) is 10.3. The summed E-state index contributed by atoms with van der Waals surface area (Å²) in [4.78, 5) is 14.8. The normalized spacial score (nSPS) is 11.3. The van der Waals surface area contributed by atoms with Gasteiger partial charge in [-0.1, -0.05) is 90.5 Å². The molecule has 0 radical (unpaired) electrons. The Labute approximate surface area is 267 Å². The maximum Gasteiger partial charge on any atom is 0.417 e. The lowest BCUT2D eigenvalue weighted by Gasteiger charge is -2.29. The van der Waals surface area contributed by atoms with Gasteiger partial charge in [0.1, 0.15) is 12.3 Å². The maximum atomic E-state index is 13.6. The standard InChI is InChI=1S/C34H34ClF3N2O3.ClH/c1-39(24-32(41)42)28-16-9-17-29(21-28)43-20-10-19-40(22-27-15-8-18-31(33(27)35)34(36,37)38)23-30(25-11-4-2-5-12-25)26-13-6-3-7-14-26;/h2-9,11-18,21,30H,10,19-20,22-24H2,1H3,(H,41,42);1H. The fraction of sp³-hybridized carbons (Fsp3) is 0.265. The smallest absolute Gasteiger partial charge is 0.417 e. The van der Waals surface area contributed by atoms with Crippen LogP contribution < -0.4 is 9.64 Å². The zero-order chi connectivity index (χ0) is 30.8. The molecule has 4 rings (SSSR count). The number of alkyl halides is 3. The van der Waals surface area contributed by atoms with Gasteiger partial charge in [0.2, 0.25) is 0 Å². The van der Waals surface area contributed by atoms with Crippen molar-refractivity contribution in [1.29, 1.82) is 0 Å². The van der Waals surface area contributed by atoms with Crippen LogP contribution in [0.5, 0.6) is 5.75 Å². The summed E-state index contributed by atoms with van der Waals surface area (Å²) in [7, 11) is 1.69. The van der Waals surface area contributed by atoms with E-state index in [2.05, 4.69) is 29.2 Å². The van der Waals surface area contributed by atoms with E-state index < -0.39 is 17.7 Å². The Balaban J connectivity index is 0.00000529. The van der Waals surface area contributed by atoms with Crippen molar-refractivity contribution < 1.29 is 27.8 Å². The van der Waals surface area contributed by atoms with Gasteiger partial charge >= 0.3 is 12.1 Å². The van der Waals surface area contributed by atoms with Crippen LogP contribution in [0.25, 0.3) is 0 Å². The molecule has 0 spiro atoms. The highest BCUT2D eigenvalue weighted by Gasteiger charge is 2.34. The highest BCUT2D eigenvalue weighted by atomic mass is 35.5. The number of anilines is 1. The molecule has 5 nitrogen and oxygen atoms in total. The highest BCUT2D eigenvalue weighted by molar-refractivity contribution is 6.32. The first-order valence-electron chi connectivity index (χ1n) is 13.9. The molecular weight excluding hydrogens is 612 g/mol. The van der Waals surface area contributed by atoms with E-state index in [4.69, 9.17) is 21.4 Å². The van der Waals surface area contributed by atoms with Crippen LogP contribution in [0.4, 0.5) is 18.9 Å². The summed E-state index contributed by atoms with van der Waals surface area (Å²) >= 11 is 6.31. The molecule has 4 aromatic rings. The molecule has 0 bridgehead atoms. The van der Waals surface area contributed by atoms with Crippen LogP contribution in [0.3, 0.4) is 0 Å². The van der Waals surface area contributed by atoms with Gasteiger partial charge in [-0.15, -0.1) is 12.4 Å². The molecule has 0 fully saturated rings. The first-order valence-corrected chi connectivity index (χ1v) is 14.3. The first kappa shape index (κ1) is 34.8. The molecule has 1 N–H and O–H groups in total. The summed E-state index contributed by atoms with van der Waals surface area (Å²) in [6, 6.07) is 31.3.